The van der Waals surface area contributed by atoms with Gasteiger partial charge in [0.1, 0.15) is 5.56 Å². The second-order valence-corrected chi connectivity index (χ2v) is 5.78. The first-order valence-corrected chi connectivity index (χ1v) is 7.14. The van der Waals surface area contributed by atoms with Crippen molar-refractivity contribution in [2.24, 2.45) is 5.92 Å². The lowest BCUT2D eigenvalue weighted by Crippen LogP contribution is -2.33. The van der Waals surface area contributed by atoms with Gasteiger partial charge >= 0.3 is 5.69 Å². The van der Waals surface area contributed by atoms with E-state index in [4.69, 9.17) is 0 Å². The Morgan fingerprint density at radius 2 is 2.05 bits per heavy atom. The minimum atomic E-state index is -0.553. The van der Waals surface area contributed by atoms with Crippen LogP contribution in [0.3, 0.4) is 0 Å². The lowest BCUT2D eigenvalue weighted by molar-refractivity contribution is 0.356. The monoisotopic (exact) mass is 286 g/mol. The molecular formula is C16H18N2O3. The minimum absolute atomic E-state index is 0.113. The first-order chi connectivity index (χ1) is 9.99. The van der Waals surface area contributed by atoms with Crippen LogP contribution in [0.2, 0.25) is 0 Å². The van der Waals surface area contributed by atoms with Crippen LogP contribution in [0.1, 0.15) is 31.4 Å². The lowest BCUT2D eigenvalue weighted by Gasteiger charge is -2.17. The summed E-state index contributed by atoms with van der Waals surface area (Å²) in [6.07, 6.45) is 2.10. The maximum atomic E-state index is 12.1. The topological polar surface area (TPSA) is 75.1 Å². The SMILES string of the molecule is Cc1cccc(-c2c(O)n(C(C)C3CC3)c(=O)[nH]c2=O)c1. The van der Waals surface area contributed by atoms with Gasteiger partial charge in [0.2, 0.25) is 5.88 Å². The summed E-state index contributed by atoms with van der Waals surface area (Å²) in [5, 5.41) is 10.5. The van der Waals surface area contributed by atoms with E-state index in [-0.39, 0.29) is 17.5 Å². The molecule has 1 unspecified atom stereocenters. The van der Waals surface area contributed by atoms with E-state index < -0.39 is 11.2 Å². The highest BCUT2D eigenvalue weighted by atomic mass is 16.3. The van der Waals surface area contributed by atoms with Crippen LogP contribution in [-0.2, 0) is 0 Å². The number of nitrogens with one attached hydrogen (secondary N) is 1. The Morgan fingerprint density at radius 3 is 2.67 bits per heavy atom. The smallest absolute Gasteiger partial charge is 0.331 e. The van der Waals surface area contributed by atoms with Gasteiger partial charge in [0.25, 0.3) is 5.56 Å². The van der Waals surface area contributed by atoms with Crippen molar-refractivity contribution in [3.63, 3.8) is 0 Å². The first kappa shape index (κ1) is 13.7. The zero-order valence-electron chi connectivity index (χ0n) is 12.1. The summed E-state index contributed by atoms with van der Waals surface area (Å²) in [7, 11) is 0. The van der Waals surface area contributed by atoms with Crippen molar-refractivity contribution < 1.29 is 5.11 Å². The van der Waals surface area contributed by atoms with Gasteiger partial charge in [-0.1, -0.05) is 29.8 Å². The Kier molecular flexibility index (Phi) is 3.20. The zero-order chi connectivity index (χ0) is 15.1. The molecule has 0 amide bonds. The minimum Gasteiger partial charge on any atom is -0.494 e. The molecule has 0 spiro atoms. The predicted octanol–water partition coefficient (Wildman–Crippen LogP) is 2.19. The highest BCUT2D eigenvalue weighted by Crippen LogP contribution is 2.40. The molecule has 5 nitrogen and oxygen atoms in total. The fourth-order valence-corrected chi connectivity index (χ4v) is 2.77. The molecule has 0 aliphatic heterocycles. The van der Waals surface area contributed by atoms with Gasteiger partial charge in [0.15, 0.2) is 0 Å². The molecule has 1 aromatic heterocycles. The second-order valence-electron chi connectivity index (χ2n) is 5.78. The van der Waals surface area contributed by atoms with Crippen molar-refractivity contribution in [1.29, 1.82) is 0 Å². The summed E-state index contributed by atoms with van der Waals surface area (Å²) >= 11 is 0. The van der Waals surface area contributed by atoms with Crippen molar-refractivity contribution in [3.05, 3.63) is 50.7 Å². The Balaban J connectivity index is 2.23. The molecule has 0 saturated heterocycles. The third-order valence-electron chi connectivity index (χ3n) is 4.14. The van der Waals surface area contributed by atoms with Crippen molar-refractivity contribution >= 4 is 0 Å². The number of nitrogens with zero attached hydrogens (tertiary/aromatic N) is 1. The third kappa shape index (κ3) is 2.39. The molecule has 3 rings (SSSR count). The van der Waals surface area contributed by atoms with Gasteiger partial charge in [-0.25, -0.2) is 4.79 Å². The van der Waals surface area contributed by atoms with Gasteiger partial charge in [-0.05, 0) is 38.2 Å². The molecule has 1 fully saturated rings. The van der Waals surface area contributed by atoms with Crippen LogP contribution in [0.5, 0.6) is 5.88 Å². The first-order valence-electron chi connectivity index (χ1n) is 7.14. The van der Waals surface area contributed by atoms with Crippen LogP contribution in [0.25, 0.3) is 11.1 Å². The number of H-pyrrole nitrogens is 1. The fraction of sp³-hybridized carbons (Fsp3) is 0.375. The van der Waals surface area contributed by atoms with E-state index in [1.807, 2.05) is 32.0 Å². The summed E-state index contributed by atoms with van der Waals surface area (Å²) in [5.41, 5.74) is 0.659. The molecule has 2 aromatic rings. The molecule has 21 heavy (non-hydrogen) atoms. The van der Waals surface area contributed by atoms with Gasteiger partial charge in [0.05, 0.1) is 0 Å². The lowest BCUT2D eigenvalue weighted by atomic mass is 10.1. The van der Waals surface area contributed by atoms with Crippen molar-refractivity contribution in [3.8, 4) is 17.0 Å². The van der Waals surface area contributed by atoms with Gasteiger partial charge < -0.3 is 5.11 Å². The normalized spacial score (nSPS) is 15.9. The number of aromatic amines is 1. The van der Waals surface area contributed by atoms with E-state index in [2.05, 4.69) is 4.98 Å². The van der Waals surface area contributed by atoms with Crippen LogP contribution in [-0.4, -0.2) is 14.7 Å². The molecule has 2 N–H and O–H groups in total. The molecule has 1 heterocycles. The van der Waals surface area contributed by atoms with Crippen LogP contribution in [0.15, 0.2) is 33.9 Å². The van der Waals surface area contributed by atoms with E-state index in [9.17, 15) is 14.7 Å². The van der Waals surface area contributed by atoms with Gasteiger partial charge in [-0.3, -0.25) is 14.3 Å². The Labute approximate surface area is 121 Å². The Hall–Kier alpha value is -2.30. The van der Waals surface area contributed by atoms with E-state index in [0.29, 0.717) is 11.5 Å². The third-order valence-corrected chi connectivity index (χ3v) is 4.14. The van der Waals surface area contributed by atoms with Crippen LogP contribution < -0.4 is 11.2 Å². The summed E-state index contributed by atoms with van der Waals surface area (Å²) < 4.78 is 1.30. The summed E-state index contributed by atoms with van der Waals surface area (Å²) in [6, 6.07) is 7.20. The maximum Gasteiger partial charge on any atom is 0.331 e. The molecule has 5 heteroatoms. The fourth-order valence-electron chi connectivity index (χ4n) is 2.77. The Morgan fingerprint density at radius 1 is 1.33 bits per heavy atom. The van der Waals surface area contributed by atoms with E-state index in [1.54, 1.807) is 6.07 Å². The van der Waals surface area contributed by atoms with Crippen LogP contribution in [0.4, 0.5) is 0 Å². The zero-order valence-corrected chi connectivity index (χ0v) is 12.1. The van der Waals surface area contributed by atoms with E-state index in [0.717, 1.165) is 18.4 Å². The number of hydrogen-bond acceptors (Lipinski definition) is 3. The highest BCUT2D eigenvalue weighted by molar-refractivity contribution is 5.67. The summed E-state index contributed by atoms with van der Waals surface area (Å²) in [4.78, 5) is 26.5. The quantitative estimate of drug-likeness (QED) is 0.908. The Bertz CT molecular complexity index is 800. The van der Waals surface area contributed by atoms with Crippen molar-refractivity contribution in [2.45, 2.75) is 32.7 Å². The molecule has 110 valence electrons. The van der Waals surface area contributed by atoms with Gasteiger partial charge in [-0.15, -0.1) is 0 Å². The summed E-state index contributed by atoms with van der Waals surface area (Å²) in [6.45, 7) is 3.81. The number of hydrogen-bond donors (Lipinski definition) is 2. The summed E-state index contributed by atoms with van der Waals surface area (Å²) in [5.74, 6) is 0.151. The highest BCUT2D eigenvalue weighted by Gasteiger charge is 2.32. The molecule has 1 atom stereocenters. The van der Waals surface area contributed by atoms with E-state index in [1.165, 1.54) is 4.57 Å². The van der Waals surface area contributed by atoms with Crippen LogP contribution in [0, 0.1) is 12.8 Å². The molecule has 1 aliphatic carbocycles. The number of aromatic nitrogens is 2. The molecule has 0 bridgehead atoms. The molecule has 1 saturated carbocycles. The molecule has 0 radical (unpaired) electrons. The van der Waals surface area contributed by atoms with Gasteiger partial charge in [0, 0.05) is 6.04 Å². The molecule has 1 aliphatic rings. The van der Waals surface area contributed by atoms with Crippen molar-refractivity contribution in [1.82, 2.24) is 9.55 Å². The average molecular weight is 286 g/mol. The molecule has 1 aromatic carbocycles. The largest absolute Gasteiger partial charge is 0.494 e. The predicted molar refractivity (Wildman–Crippen MR) is 80.6 cm³/mol. The number of rotatable bonds is 3. The number of aryl methyl sites for hydroxylation is 1. The van der Waals surface area contributed by atoms with Crippen LogP contribution >= 0.6 is 0 Å². The average Bonchev–Trinajstić information content (AvgIpc) is 3.22. The standard InChI is InChI=1S/C16H18N2O3/c1-9-4-3-5-12(8-9)13-14(19)17-16(21)18(15(13)20)10(2)11-6-7-11/h3-5,8,10-11,20H,6-7H2,1-2H3,(H,17,19,21). The van der Waals surface area contributed by atoms with Crippen molar-refractivity contribution in [2.75, 3.05) is 0 Å². The molecular weight excluding hydrogens is 268 g/mol. The number of benzene rings is 1. The second kappa shape index (κ2) is 4.91. The number of aromatic hydroxyl groups is 1. The maximum absolute atomic E-state index is 12.1. The van der Waals surface area contributed by atoms with E-state index >= 15 is 0 Å². The van der Waals surface area contributed by atoms with Gasteiger partial charge in [-0.2, -0.15) is 0 Å².